The molecule has 5 heteroatoms. The number of rotatable bonds is 2. The van der Waals surface area contributed by atoms with Crippen LogP contribution in [0.4, 0.5) is 5.82 Å². The zero-order valence-corrected chi connectivity index (χ0v) is 6.09. The molecule has 0 atom stereocenters. The first-order valence-electron chi connectivity index (χ1n) is 3.16. The molecule has 11 heavy (non-hydrogen) atoms. The third kappa shape index (κ3) is 1.24. The number of nitrogens with one attached hydrogen (secondary N) is 1. The van der Waals surface area contributed by atoms with Crippen LogP contribution < -0.4 is 10.5 Å². The SMILES string of the molecule is CCOc1n[nH]c(N)c1C#N. The van der Waals surface area contributed by atoms with Crippen molar-refractivity contribution in [1.82, 2.24) is 10.2 Å². The lowest BCUT2D eigenvalue weighted by molar-refractivity contribution is 0.325. The van der Waals surface area contributed by atoms with E-state index in [1.807, 2.05) is 13.0 Å². The molecule has 0 radical (unpaired) electrons. The molecule has 1 aromatic rings. The van der Waals surface area contributed by atoms with Crippen LogP contribution in [0.25, 0.3) is 0 Å². The van der Waals surface area contributed by atoms with Gasteiger partial charge in [-0.25, -0.2) is 0 Å². The standard InChI is InChI=1S/C6H8N4O/c1-2-11-6-4(3-7)5(8)9-10-6/h2H2,1H3,(H3,8,9,10). The predicted molar refractivity (Wildman–Crippen MR) is 38.9 cm³/mol. The predicted octanol–water partition coefficient (Wildman–Crippen LogP) is 0.262. The summed E-state index contributed by atoms with van der Waals surface area (Å²) in [7, 11) is 0. The summed E-state index contributed by atoms with van der Waals surface area (Å²) in [5.74, 6) is 0.517. The summed E-state index contributed by atoms with van der Waals surface area (Å²) in [6.07, 6.45) is 0. The molecule has 0 spiro atoms. The summed E-state index contributed by atoms with van der Waals surface area (Å²) in [6, 6.07) is 1.88. The van der Waals surface area contributed by atoms with E-state index in [2.05, 4.69) is 10.2 Å². The summed E-state index contributed by atoms with van der Waals surface area (Å²) < 4.78 is 5.00. The van der Waals surface area contributed by atoms with E-state index in [1.54, 1.807) is 0 Å². The molecule has 0 fully saturated rings. The lowest BCUT2D eigenvalue weighted by Gasteiger charge is -1.95. The minimum absolute atomic E-state index is 0.246. The van der Waals surface area contributed by atoms with Gasteiger partial charge in [-0.2, -0.15) is 5.26 Å². The second-order valence-corrected chi connectivity index (χ2v) is 1.86. The number of hydrogen-bond acceptors (Lipinski definition) is 4. The highest BCUT2D eigenvalue weighted by atomic mass is 16.5. The quantitative estimate of drug-likeness (QED) is 0.636. The second-order valence-electron chi connectivity index (χ2n) is 1.86. The zero-order chi connectivity index (χ0) is 8.27. The average molecular weight is 152 g/mol. The molecular formula is C6H8N4O. The van der Waals surface area contributed by atoms with Crippen molar-refractivity contribution in [3.63, 3.8) is 0 Å². The van der Waals surface area contributed by atoms with Crippen molar-refractivity contribution in [3.05, 3.63) is 5.56 Å². The van der Waals surface area contributed by atoms with Gasteiger partial charge in [-0.1, -0.05) is 0 Å². The van der Waals surface area contributed by atoms with Crippen LogP contribution in [0, 0.1) is 11.3 Å². The van der Waals surface area contributed by atoms with Gasteiger partial charge < -0.3 is 10.5 Å². The number of aromatic amines is 1. The van der Waals surface area contributed by atoms with E-state index in [-0.39, 0.29) is 17.3 Å². The van der Waals surface area contributed by atoms with Crippen molar-refractivity contribution in [2.45, 2.75) is 6.92 Å². The van der Waals surface area contributed by atoms with E-state index in [9.17, 15) is 0 Å². The minimum atomic E-state index is 0.246. The van der Waals surface area contributed by atoms with Crippen LogP contribution in [0.3, 0.4) is 0 Å². The van der Waals surface area contributed by atoms with Gasteiger partial charge in [0.25, 0.3) is 5.88 Å². The van der Waals surface area contributed by atoms with Gasteiger partial charge in [0.1, 0.15) is 11.9 Å². The van der Waals surface area contributed by atoms with Crippen LogP contribution in [0.2, 0.25) is 0 Å². The molecule has 3 N–H and O–H groups in total. The van der Waals surface area contributed by atoms with Crippen LogP contribution in [-0.4, -0.2) is 16.8 Å². The molecule has 1 heterocycles. The van der Waals surface area contributed by atoms with E-state index < -0.39 is 0 Å². The number of anilines is 1. The number of hydrogen-bond donors (Lipinski definition) is 2. The van der Waals surface area contributed by atoms with E-state index in [4.69, 9.17) is 15.7 Å². The van der Waals surface area contributed by atoms with Crippen LogP contribution in [0.15, 0.2) is 0 Å². The molecule has 1 aromatic heterocycles. The van der Waals surface area contributed by atoms with Gasteiger partial charge in [0, 0.05) is 0 Å². The molecule has 58 valence electrons. The van der Waals surface area contributed by atoms with Crippen LogP contribution in [-0.2, 0) is 0 Å². The Kier molecular flexibility index (Phi) is 1.97. The molecule has 0 bridgehead atoms. The number of aromatic nitrogens is 2. The van der Waals surface area contributed by atoms with Crippen molar-refractivity contribution in [1.29, 1.82) is 5.26 Å². The Balaban J connectivity index is 2.98. The van der Waals surface area contributed by atoms with Crippen LogP contribution in [0.1, 0.15) is 12.5 Å². The Morgan fingerprint density at radius 2 is 2.55 bits per heavy atom. The molecule has 0 amide bonds. The zero-order valence-electron chi connectivity index (χ0n) is 6.09. The smallest absolute Gasteiger partial charge is 0.252 e. The fraction of sp³-hybridized carbons (Fsp3) is 0.333. The van der Waals surface area contributed by atoms with Crippen molar-refractivity contribution in [2.24, 2.45) is 0 Å². The van der Waals surface area contributed by atoms with Gasteiger partial charge in [-0.15, -0.1) is 5.10 Å². The monoisotopic (exact) mass is 152 g/mol. The maximum atomic E-state index is 8.54. The summed E-state index contributed by atoms with van der Waals surface area (Å²) in [5.41, 5.74) is 5.63. The molecular weight excluding hydrogens is 144 g/mol. The molecule has 0 saturated heterocycles. The van der Waals surface area contributed by atoms with Gasteiger partial charge >= 0.3 is 0 Å². The molecule has 1 rings (SSSR count). The largest absolute Gasteiger partial charge is 0.476 e. The van der Waals surface area contributed by atoms with Gasteiger partial charge in [0.2, 0.25) is 0 Å². The summed E-state index contributed by atoms with van der Waals surface area (Å²) in [4.78, 5) is 0. The van der Waals surface area contributed by atoms with Crippen LogP contribution >= 0.6 is 0 Å². The number of nitrogens with two attached hydrogens (primary N) is 1. The minimum Gasteiger partial charge on any atom is -0.476 e. The van der Waals surface area contributed by atoms with E-state index in [1.165, 1.54) is 0 Å². The number of H-pyrrole nitrogens is 1. The van der Waals surface area contributed by atoms with E-state index >= 15 is 0 Å². The first kappa shape index (κ1) is 7.41. The lowest BCUT2D eigenvalue weighted by atomic mass is 10.3. The Bertz CT molecular complexity index is 285. The highest BCUT2D eigenvalue weighted by Crippen LogP contribution is 2.18. The Morgan fingerprint density at radius 3 is 3.09 bits per heavy atom. The number of ether oxygens (including phenoxy) is 1. The Morgan fingerprint density at radius 1 is 1.82 bits per heavy atom. The van der Waals surface area contributed by atoms with E-state index in [0.29, 0.717) is 6.61 Å². The van der Waals surface area contributed by atoms with Crippen LogP contribution in [0.5, 0.6) is 5.88 Å². The molecule has 0 saturated carbocycles. The normalized spacial score (nSPS) is 9.09. The Hall–Kier alpha value is -1.70. The highest BCUT2D eigenvalue weighted by molar-refractivity contribution is 5.53. The lowest BCUT2D eigenvalue weighted by Crippen LogP contribution is -1.93. The van der Waals surface area contributed by atoms with Gasteiger partial charge in [-0.05, 0) is 6.92 Å². The molecule has 0 aliphatic carbocycles. The Labute approximate surface area is 63.8 Å². The fourth-order valence-corrected chi connectivity index (χ4v) is 0.687. The second kappa shape index (κ2) is 2.92. The third-order valence-corrected chi connectivity index (χ3v) is 1.15. The highest BCUT2D eigenvalue weighted by Gasteiger charge is 2.09. The average Bonchev–Trinajstić information content (AvgIpc) is 2.33. The molecule has 0 unspecified atom stereocenters. The van der Waals surface area contributed by atoms with Crippen molar-refractivity contribution < 1.29 is 4.74 Å². The van der Waals surface area contributed by atoms with Gasteiger partial charge in [0.15, 0.2) is 5.56 Å². The van der Waals surface area contributed by atoms with Gasteiger partial charge in [0.05, 0.1) is 6.61 Å². The summed E-state index contributed by atoms with van der Waals surface area (Å²) >= 11 is 0. The van der Waals surface area contributed by atoms with E-state index in [0.717, 1.165) is 0 Å². The number of nitrogen functional groups attached to an aromatic ring is 1. The molecule has 0 aliphatic rings. The summed E-state index contributed by atoms with van der Waals surface area (Å²) in [6.45, 7) is 2.28. The first-order chi connectivity index (χ1) is 5.29. The van der Waals surface area contributed by atoms with Gasteiger partial charge in [-0.3, -0.25) is 5.10 Å². The number of nitriles is 1. The maximum Gasteiger partial charge on any atom is 0.252 e. The maximum absolute atomic E-state index is 8.54. The number of nitrogens with zero attached hydrogens (tertiary/aromatic N) is 2. The van der Waals surface area contributed by atoms with Crippen molar-refractivity contribution in [3.8, 4) is 11.9 Å². The van der Waals surface area contributed by atoms with Crippen molar-refractivity contribution in [2.75, 3.05) is 12.3 Å². The third-order valence-electron chi connectivity index (χ3n) is 1.15. The molecule has 5 nitrogen and oxygen atoms in total. The molecule has 0 aliphatic heterocycles. The topological polar surface area (TPSA) is 87.7 Å². The first-order valence-corrected chi connectivity index (χ1v) is 3.16. The molecule has 0 aromatic carbocycles. The fourth-order valence-electron chi connectivity index (χ4n) is 0.687. The summed E-state index contributed by atoms with van der Waals surface area (Å²) in [5, 5.41) is 14.7. The van der Waals surface area contributed by atoms with Crippen molar-refractivity contribution >= 4 is 5.82 Å².